The summed E-state index contributed by atoms with van der Waals surface area (Å²) >= 11 is 0. The van der Waals surface area contributed by atoms with Crippen LogP contribution in [0.15, 0.2) is 134 Å². The maximum atomic E-state index is 15.3. The highest BCUT2D eigenvalue weighted by Gasteiger charge is 2.57. The fourth-order valence-electron chi connectivity index (χ4n) is 6.04. The van der Waals surface area contributed by atoms with Gasteiger partial charge in [-0.1, -0.05) is 127 Å². The van der Waals surface area contributed by atoms with Gasteiger partial charge in [0, 0.05) is 32.1 Å². The summed E-state index contributed by atoms with van der Waals surface area (Å²) in [7, 11) is 1.70. The van der Waals surface area contributed by atoms with Crippen molar-refractivity contribution >= 4 is 17.7 Å². The maximum Gasteiger partial charge on any atom is 0.327 e. The lowest BCUT2D eigenvalue weighted by molar-refractivity contribution is -0.140. The Morgan fingerprint density at radius 1 is 0.791 bits per heavy atom. The molecule has 0 aromatic heterocycles. The largest absolute Gasteiger partial charge is 0.327 e. The average molecular weight is 572 g/mol. The van der Waals surface area contributed by atoms with Crippen molar-refractivity contribution in [3.05, 3.63) is 156 Å². The first-order chi connectivity index (χ1) is 20.9. The second-order valence-electron chi connectivity index (χ2n) is 11.0. The van der Waals surface area contributed by atoms with Crippen LogP contribution in [-0.4, -0.2) is 51.0 Å². The van der Waals surface area contributed by atoms with Gasteiger partial charge in [0.25, 0.3) is 5.91 Å². The Morgan fingerprint density at radius 2 is 1.26 bits per heavy atom. The zero-order chi connectivity index (χ0) is 30.4. The predicted octanol–water partition coefficient (Wildman–Crippen LogP) is 6.91. The normalized spacial score (nSPS) is 18.0. The van der Waals surface area contributed by atoms with Crippen LogP contribution < -0.4 is 0 Å². The van der Waals surface area contributed by atoms with Gasteiger partial charge in [-0.05, 0) is 23.6 Å². The third kappa shape index (κ3) is 5.79. The molecule has 6 heteroatoms. The van der Waals surface area contributed by atoms with Gasteiger partial charge in [0.2, 0.25) is 0 Å². The van der Waals surface area contributed by atoms with Gasteiger partial charge in [0.1, 0.15) is 0 Å². The van der Waals surface area contributed by atoms with Crippen LogP contribution in [0.5, 0.6) is 0 Å². The highest BCUT2D eigenvalue weighted by atomic mass is 16.2. The summed E-state index contributed by atoms with van der Waals surface area (Å²) in [5.74, 6) is -0.921. The van der Waals surface area contributed by atoms with E-state index in [9.17, 15) is 9.59 Å². The predicted molar refractivity (Wildman–Crippen MR) is 169 cm³/mol. The van der Waals surface area contributed by atoms with E-state index in [-0.39, 0.29) is 18.2 Å². The molecular weight excluding hydrogens is 534 g/mol. The Balaban J connectivity index is 1.74. The van der Waals surface area contributed by atoms with Crippen molar-refractivity contribution in [1.29, 1.82) is 0 Å². The number of ketones is 1. The van der Waals surface area contributed by atoms with Crippen molar-refractivity contribution in [2.24, 2.45) is 0 Å². The third-order valence-electron chi connectivity index (χ3n) is 8.39. The number of likely N-dealkylation sites (N-methyl/N-ethyl adjacent to an activating group) is 1. The van der Waals surface area contributed by atoms with E-state index >= 15 is 4.79 Å². The molecule has 0 N–H and O–H groups in total. The molecule has 43 heavy (non-hydrogen) atoms. The Bertz CT molecular complexity index is 1520. The van der Waals surface area contributed by atoms with E-state index in [0.717, 1.165) is 16.7 Å². The van der Waals surface area contributed by atoms with Crippen LogP contribution in [0, 0.1) is 0 Å². The molecule has 0 spiro atoms. The van der Waals surface area contributed by atoms with Crippen molar-refractivity contribution in [2.75, 3.05) is 7.05 Å². The van der Waals surface area contributed by atoms with Gasteiger partial charge in [0.15, 0.2) is 11.3 Å². The van der Waals surface area contributed by atoms with Crippen LogP contribution in [-0.2, 0) is 17.9 Å². The first kappa shape index (κ1) is 29.7. The highest BCUT2D eigenvalue weighted by Crippen LogP contribution is 2.40. The molecule has 0 radical (unpaired) electrons. The lowest BCUT2D eigenvalue weighted by Gasteiger charge is -2.43. The minimum Gasteiger partial charge on any atom is -0.322 e. The van der Waals surface area contributed by atoms with Crippen molar-refractivity contribution in [1.82, 2.24) is 14.7 Å². The average Bonchev–Trinajstić information content (AvgIpc) is 3.28. The van der Waals surface area contributed by atoms with E-state index in [0.29, 0.717) is 18.7 Å². The topological polar surface area (TPSA) is 60.9 Å². The Morgan fingerprint density at radius 3 is 1.74 bits per heavy atom. The summed E-state index contributed by atoms with van der Waals surface area (Å²) in [5.41, 5.74) is 1.35. The van der Waals surface area contributed by atoms with Gasteiger partial charge in [0.05, 0.1) is 12.1 Å². The number of nitrogens with zero attached hydrogens (tertiary/aromatic N) is 3. The summed E-state index contributed by atoms with van der Waals surface area (Å²) < 4.78 is 0. The molecule has 1 saturated heterocycles. The molecular formula is C37H37N3O3. The number of urea groups is 1. The molecule has 1 fully saturated rings. The molecule has 4 aromatic carbocycles. The number of Topliss-reactive ketones (excluding diaryl/α,β-unsaturated/α-hetero) is 1. The van der Waals surface area contributed by atoms with E-state index in [2.05, 4.69) is 6.58 Å². The second-order valence-corrected chi connectivity index (χ2v) is 11.0. The summed E-state index contributed by atoms with van der Waals surface area (Å²) in [6.45, 7) is 6.55. The quantitative estimate of drug-likeness (QED) is 0.112. The van der Waals surface area contributed by atoms with Crippen molar-refractivity contribution in [3.63, 3.8) is 0 Å². The summed E-state index contributed by atoms with van der Waals surface area (Å²) in [6.07, 6.45) is 1.63. The number of hydrogen-bond acceptors (Lipinski definition) is 4. The van der Waals surface area contributed by atoms with Gasteiger partial charge in [-0.2, -0.15) is 0 Å². The Kier molecular flexibility index (Phi) is 8.98. The molecule has 1 aliphatic heterocycles. The van der Waals surface area contributed by atoms with E-state index in [4.69, 9.17) is 0 Å². The fraction of sp³-hybridized carbons (Fsp3) is 0.216. The van der Waals surface area contributed by atoms with E-state index in [1.807, 2.05) is 109 Å². The van der Waals surface area contributed by atoms with Crippen molar-refractivity contribution < 1.29 is 14.4 Å². The number of rotatable bonds is 11. The molecule has 5 rings (SSSR count). The smallest absolute Gasteiger partial charge is 0.322 e. The number of carbonyl (C=O) groups excluding carboxylic acids is 3. The molecule has 1 aliphatic rings. The van der Waals surface area contributed by atoms with Crippen LogP contribution in [0.25, 0.3) is 0 Å². The van der Waals surface area contributed by atoms with Crippen LogP contribution in [0.1, 0.15) is 46.4 Å². The van der Waals surface area contributed by atoms with Gasteiger partial charge < -0.3 is 4.90 Å². The lowest BCUT2D eigenvalue weighted by Crippen LogP contribution is -2.64. The first-order valence-corrected chi connectivity index (χ1v) is 14.6. The number of carbonyl (C=O) groups is 3. The summed E-state index contributed by atoms with van der Waals surface area (Å²) in [6, 6.07) is 36.7. The summed E-state index contributed by atoms with van der Waals surface area (Å²) in [5, 5.41) is 0. The first-order valence-electron chi connectivity index (χ1n) is 14.6. The van der Waals surface area contributed by atoms with Crippen molar-refractivity contribution in [2.45, 2.75) is 44.1 Å². The highest BCUT2D eigenvalue weighted by molar-refractivity contribution is 6.21. The van der Waals surface area contributed by atoms with E-state index in [1.165, 1.54) is 4.90 Å². The fourth-order valence-corrected chi connectivity index (χ4v) is 6.04. The van der Waals surface area contributed by atoms with E-state index in [1.54, 1.807) is 42.3 Å². The van der Waals surface area contributed by atoms with Crippen LogP contribution >= 0.6 is 0 Å². The monoisotopic (exact) mass is 571 g/mol. The number of benzene rings is 4. The molecule has 3 atom stereocenters. The maximum absolute atomic E-state index is 15.3. The SMILES string of the molecule is C=CC[C@@](C(=O)c1ccccc1)(C(=O)N1C(=O)N(C)[C@@H](C)[C@H]1c1ccccc1)N(Cc1ccccc1)Cc1ccccc1. The van der Waals surface area contributed by atoms with Gasteiger partial charge >= 0.3 is 6.03 Å². The van der Waals surface area contributed by atoms with Gasteiger partial charge in [-0.25, -0.2) is 4.79 Å². The molecule has 0 bridgehead atoms. The second kappa shape index (κ2) is 13.0. The molecule has 218 valence electrons. The van der Waals surface area contributed by atoms with E-state index < -0.39 is 23.5 Å². The molecule has 0 aliphatic carbocycles. The van der Waals surface area contributed by atoms with Gasteiger partial charge in [-0.3, -0.25) is 19.4 Å². The Hall–Kier alpha value is -4.81. The van der Waals surface area contributed by atoms with Crippen LogP contribution in [0.3, 0.4) is 0 Å². The molecule has 6 nitrogen and oxygen atoms in total. The minimum absolute atomic E-state index is 0.0165. The number of hydrogen-bond donors (Lipinski definition) is 0. The number of imide groups is 1. The van der Waals surface area contributed by atoms with Crippen molar-refractivity contribution in [3.8, 4) is 0 Å². The molecule has 3 amide bonds. The molecule has 4 aromatic rings. The molecule has 0 saturated carbocycles. The Labute approximate surface area is 253 Å². The zero-order valence-electron chi connectivity index (χ0n) is 24.7. The number of amides is 3. The third-order valence-corrected chi connectivity index (χ3v) is 8.39. The van der Waals surface area contributed by atoms with Crippen LogP contribution in [0.2, 0.25) is 0 Å². The summed E-state index contributed by atoms with van der Waals surface area (Å²) in [4.78, 5) is 49.1. The van der Waals surface area contributed by atoms with Crippen LogP contribution in [0.4, 0.5) is 4.79 Å². The minimum atomic E-state index is -1.76. The lowest BCUT2D eigenvalue weighted by atomic mass is 9.81. The molecule has 1 heterocycles. The standard InChI is InChI=1S/C37H37N3O3/c1-4-25-37(34(41)32-23-15-8-16-24-32,39(26-29-17-9-5-10-18-29)27-30-19-11-6-12-20-30)35(42)40-33(28(2)38(3)36(40)43)31-21-13-7-14-22-31/h4-24,28,33H,1,25-27H2,2-3H3/t28-,33-,37+/m0/s1. The van der Waals surface area contributed by atoms with Gasteiger partial charge in [-0.15, -0.1) is 6.58 Å². The zero-order valence-corrected chi connectivity index (χ0v) is 24.7. The molecule has 0 unspecified atom stereocenters.